The summed E-state index contributed by atoms with van der Waals surface area (Å²) in [4.78, 5) is 149. The van der Waals surface area contributed by atoms with Gasteiger partial charge in [-0.3, -0.25) is 47.9 Å². The molecule has 8 N–H and O–H groups in total. The van der Waals surface area contributed by atoms with E-state index in [1.54, 1.807) is 55.4 Å². The number of hydrogen-bond donors (Lipinski definition) is 7. The SMILES string of the molecule is CCC(C)NCC(=O)N(CC(=O)N(CC(=O)N(CC(=O)N(CC(=O)N(CC(=O)N(CC(=O)N(CC(=O)N(CC(=O)N(CC(N)=O)CC(C)O)C(C)CC)CC(C)O)C(C)CC)CC(C)O)C(C)CC)CC(C)O)C(C)CC)CC(C)O. The summed E-state index contributed by atoms with van der Waals surface area (Å²) >= 11 is 0. The van der Waals surface area contributed by atoms with E-state index in [1.165, 1.54) is 59.1 Å². The minimum Gasteiger partial charge on any atom is -0.392 e. The van der Waals surface area contributed by atoms with E-state index in [4.69, 9.17) is 5.73 Å². The average molecular weight is 1160 g/mol. The van der Waals surface area contributed by atoms with Crippen LogP contribution in [0.1, 0.15) is 136 Å². The smallest absolute Gasteiger partial charge is 0.242 e. The molecule has 0 aliphatic carbocycles. The zero-order chi connectivity index (χ0) is 62.6. The zero-order valence-corrected chi connectivity index (χ0v) is 51.3. The van der Waals surface area contributed by atoms with Crippen molar-refractivity contribution in [1.82, 2.24) is 49.4 Å². The number of aliphatic hydroxyl groups is 5. The molecule has 0 radical (unpaired) electrons. The predicted molar refractivity (Wildman–Crippen MR) is 304 cm³/mol. The first-order chi connectivity index (χ1) is 37.7. The molecule has 26 nitrogen and oxygen atoms in total. The Morgan fingerprint density at radius 2 is 0.531 bits per heavy atom. The van der Waals surface area contributed by atoms with Crippen LogP contribution in [0.25, 0.3) is 0 Å². The van der Waals surface area contributed by atoms with Crippen molar-refractivity contribution in [3.63, 3.8) is 0 Å². The molecule has 0 aromatic carbocycles. The van der Waals surface area contributed by atoms with E-state index in [-0.39, 0.29) is 45.3 Å². The van der Waals surface area contributed by atoms with Gasteiger partial charge in [0.25, 0.3) is 0 Å². The second-order valence-corrected chi connectivity index (χ2v) is 21.9. The third kappa shape index (κ3) is 28.3. The lowest BCUT2D eigenvalue weighted by Crippen LogP contribution is -2.56. The van der Waals surface area contributed by atoms with Crippen molar-refractivity contribution in [2.45, 2.75) is 197 Å². The standard InChI is InChI=1S/C55H103N11O15/c1-16-36(6)57-21-47(73)59(23-42(12)68)28-52(78)64(38(8)18-3)33-49(75)61(25-44(14)70)30-54(80)66(40(10)20-5)35-51(77)62(26-45(15)71)31-55(81)65(39(9)19-4)34-50(76)60(24-43(13)69)29-53(79)63(37(7)17-2)32-48(74)58(22-41(11)67)27-46(56)72/h36-45,57,67-71H,16-35H2,1-15H3,(H2,56,72). The van der Waals surface area contributed by atoms with E-state index >= 15 is 0 Å². The van der Waals surface area contributed by atoms with Crippen LogP contribution in [0.3, 0.4) is 0 Å². The molecular weight excluding hydrogens is 1050 g/mol. The molecule has 0 fully saturated rings. The fourth-order valence-electron chi connectivity index (χ4n) is 8.41. The summed E-state index contributed by atoms with van der Waals surface area (Å²) < 4.78 is 0. The highest BCUT2D eigenvalue weighted by Gasteiger charge is 2.35. The first-order valence-electron chi connectivity index (χ1n) is 28.7. The highest BCUT2D eigenvalue weighted by Crippen LogP contribution is 2.15. The Morgan fingerprint density at radius 3 is 0.716 bits per heavy atom. The van der Waals surface area contributed by atoms with Crippen LogP contribution in [0.4, 0.5) is 0 Å². The van der Waals surface area contributed by atoms with Crippen LogP contribution < -0.4 is 11.1 Å². The maximum atomic E-state index is 14.4. The molecule has 0 saturated carbocycles. The Kier molecular flexibility index (Phi) is 35.7. The Labute approximate surface area is 481 Å². The molecule has 26 heteroatoms. The molecule has 10 atom stereocenters. The molecule has 0 aliphatic rings. The van der Waals surface area contributed by atoms with Crippen molar-refractivity contribution in [2.24, 2.45) is 5.73 Å². The number of amides is 10. The number of primary amides is 1. The summed E-state index contributed by atoms with van der Waals surface area (Å²) in [6, 6.07) is -2.30. The van der Waals surface area contributed by atoms with Crippen molar-refractivity contribution in [1.29, 1.82) is 0 Å². The fraction of sp³-hybridized carbons (Fsp3) is 0.818. The van der Waals surface area contributed by atoms with Gasteiger partial charge in [-0.1, -0.05) is 34.6 Å². The van der Waals surface area contributed by atoms with Crippen LogP contribution >= 0.6 is 0 Å². The normalized spacial score (nSPS) is 15.0. The van der Waals surface area contributed by atoms with Gasteiger partial charge < -0.3 is 80.7 Å². The molecule has 0 rings (SSSR count). The molecule has 0 spiro atoms. The molecule has 0 aliphatic heterocycles. The fourth-order valence-corrected chi connectivity index (χ4v) is 8.41. The molecule has 0 bridgehead atoms. The Morgan fingerprint density at radius 1 is 0.321 bits per heavy atom. The van der Waals surface area contributed by atoms with E-state index in [0.29, 0.717) is 25.7 Å². The largest absolute Gasteiger partial charge is 0.392 e. The Balaban J connectivity index is 6.87. The number of rotatable bonds is 40. The van der Waals surface area contributed by atoms with Crippen molar-refractivity contribution in [2.75, 3.05) is 98.2 Å². The molecule has 0 aromatic heterocycles. The molecule has 0 heterocycles. The summed E-state index contributed by atoms with van der Waals surface area (Å²) in [5, 5.41) is 55.0. The molecular formula is C55H103N11O15. The highest BCUT2D eigenvalue weighted by molar-refractivity contribution is 5.94. The maximum Gasteiger partial charge on any atom is 0.242 e. The monoisotopic (exact) mass is 1160 g/mol. The van der Waals surface area contributed by atoms with E-state index in [1.807, 2.05) is 13.8 Å². The Bertz CT molecular complexity index is 2010. The quantitative estimate of drug-likeness (QED) is 0.0364. The van der Waals surface area contributed by atoms with Crippen molar-refractivity contribution in [3.05, 3.63) is 0 Å². The van der Waals surface area contributed by atoms with Crippen LogP contribution in [-0.4, -0.2) is 288 Å². The average Bonchev–Trinajstić information content (AvgIpc) is 3.38. The lowest BCUT2D eigenvalue weighted by Gasteiger charge is -2.36. The summed E-state index contributed by atoms with van der Waals surface area (Å²) in [6.45, 7) is 18.1. The molecule has 10 unspecified atom stereocenters. The summed E-state index contributed by atoms with van der Waals surface area (Å²) in [5.41, 5.74) is 5.35. The number of carbonyl (C=O) groups is 10. The second-order valence-electron chi connectivity index (χ2n) is 21.9. The van der Waals surface area contributed by atoms with E-state index < -0.39 is 173 Å². The summed E-state index contributed by atoms with van der Waals surface area (Å²) in [6.07, 6.45) is -3.24. The molecule has 0 aromatic rings. The van der Waals surface area contributed by atoms with Crippen molar-refractivity contribution in [3.8, 4) is 0 Å². The third-order valence-corrected chi connectivity index (χ3v) is 14.0. The topological polar surface area (TPSA) is 339 Å². The zero-order valence-electron chi connectivity index (χ0n) is 51.3. The van der Waals surface area contributed by atoms with Gasteiger partial charge in [-0.2, -0.15) is 0 Å². The van der Waals surface area contributed by atoms with E-state index in [0.717, 1.165) is 26.0 Å². The number of aliphatic hydroxyl groups excluding tert-OH is 5. The van der Waals surface area contributed by atoms with Gasteiger partial charge in [0.15, 0.2) is 0 Å². The van der Waals surface area contributed by atoms with Gasteiger partial charge in [0.1, 0.15) is 26.2 Å². The number of hydrogen-bond acceptors (Lipinski definition) is 16. The number of nitrogens with one attached hydrogen (secondary N) is 1. The van der Waals surface area contributed by atoms with Gasteiger partial charge in [0.05, 0.1) is 69.8 Å². The number of nitrogens with two attached hydrogens (primary N) is 1. The van der Waals surface area contributed by atoms with Gasteiger partial charge in [0, 0.05) is 62.9 Å². The predicted octanol–water partition coefficient (Wildman–Crippen LogP) is -1.58. The molecule has 81 heavy (non-hydrogen) atoms. The van der Waals surface area contributed by atoms with Gasteiger partial charge in [-0.25, -0.2) is 0 Å². The summed E-state index contributed by atoms with van der Waals surface area (Å²) in [7, 11) is 0. The van der Waals surface area contributed by atoms with Crippen LogP contribution in [-0.2, 0) is 47.9 Å². The Hall–Kier alpha value is -5.54. The first-order valence-corrected chi connectivity index (χ1v) is 28.7. The molecule has 468 valence electrons. The van der Waals surface area contributed by atoms with Crippen molar-refractivity contribution >= 4 is 59.1 Å². The number of carbonyl (C=O) groups excluding carboxylic acids is 10. The van der Waals surface area contributed by atoms with Crippen LogP contribution in [0.15, 0.2) is 0 Å². The van der Waals surface area contributed by atoms with Crippen molar-refractivity contribution < 1.29 is 73.5 Å². The van der Waals surface area contributed by atoms with Crippen LogP contribution in [0.5, 0.6) is 0 Å². The number of nitrogens with zero attached hydrogens (tertiary/aromatic N) is 9. The lowest BCUT2D eigenvalue weighted by atomic mass is 10.1. The first kappa shape index (κ1) is 75.5. The van der Waals surface area contributed by atoms with Gasteiger partial charge in [-0.15, -0.1) is 0 Å². The minimum atomic E-state index is -1.18. The molecule has 10 amide bonds. The lowest BCUT2D eigenvalue weighted by molar-refractivity contribution is -0.151. The van der Waals surface area contributed by atoms with E-state index in [9.17, 15) is 73.5 Å². The van der Waals surface area contributed by atoms with Crippen LogP contribution in [0, 0.1) is 0 Å². The van der Waals surface area contributed by atoms with Crippen LogP contribution in [0.2, 0.25) is 0 Å². The third-order valence-electron chi connectivity index (χ3n) is 14.0. The van der Waals surface area contributed by atoms with Gasteiger partial charge in [0.2, 0.25) is 59.1 Å². The van der Waals surface area contributed by atoms with Gasteiger partial charge in [-0.05, 0) is 101 Å². The maximum absolute atomic E-state index is 14.4. The summed E-state index contributed by atoms with van der Waals surface area (Å²) in [5.74, 6) is -6.90. The minimum absolute atomic E-state index is 0.0137. The highest BCUT2D eigenvalue weighted by atomic mass is 16.3. The van der Waals surface area contributed by atoms with E-state index in [2.05, 4.69) is 5.32 Å². The molecule has 0 saturated heterocycles. The van der Waals surface area contributed by atoms with Gasteiger partial charge >= 0.3 is 0 Å². The second kappa shape index (κ2) is 38.3.